The molecule has 1 heterocycles. The zero-order chi connectivity index (χ0) is 18.0. The molecule has 0 saturated carbocycles. The lowest BCUT2D eigenvalue weighted by Gasteiger charge is -2.42. The Kier molecular flexibility index (Phi) is 5.42. The predicted octanol–water partition coefficient (Wildman–Crippen LogP) is 4.22. The number of carbonyl (C=O) groups is 2. The normalized spacial score (nSPS) is 23.6. The molecule has 2 aromatic carbocycles. The smallest absolute Gasteiger partial charge is 0.252 e. The summed E-state index contributed by atoms with van der Waals surface area (Å²) in [4.78, 5) is 25.2. The lowest BCUT2D eigenvalue weighted by Crippen LogP contribution is -2.49. The number of rotatable bonds is 4. The van der Waals surface area contributed by atoms with Crippen LogP contribution in [-0.4, -0.2) is 30.2 Å². The van der Waals surface area contributed by atoms with Gasteiger partial charge in [-0.2, -0.15) is 0 Å². The van der Waals surface area contributed by atoms with E-state index in [1.807, 2.05) is 24.3 Å². The summed E-state index contributed by atoms with van der Waals surface area (Å²) in [5, 5.41) is 1.24. The zero-order valence-corrected chi connectivity index (χ0v) is 15.1. The molecule has 3 rings (SSSR count). The molecule has 1 fully saturated rings. The van der Waals surface area contributed by atoms with E-state index in [1.54, 1.807) is 36.2 Å². The van der Waals surface area contributed by atoms with Gasteiger partial charge in [0.15, 0.2) is 0 Å². The number of halogens is 2. The van der Waals surface area contributed by atoms with Crippen LogP contribution in [0, 0.1) is 0 Å². The van der Waals surface area contributed by atoms with Crippen LogP contribution in [0.5, 0.6) is 0 Å². The highest BCUT2D eigenvalue weighted by Crippen LogP contribution is 2.41. The molecule has 0 spiro atoms. The summed E-state index contributed by atoms with van der Waals surface area (Å²) < 4.78 is 6.03. The first-order valence-electron chi connectivity index (χ1n) is 7.88. The van der Waals surface area contributed by atoms with E-state index in [1.165, 1.54) is 0 Å². The fourth-order valence-electron chi connectivity index (χ4n) is 3.09. The summed E-state index contributed by atoms with van der Waals surface area (Å²) in [6.07, 6.45) is -0.462. The summed E-state index contributed by atoms with van der Waals surface area (Å²) in [7, 11) is 1.73. The van der Waals surface area contributed by atoms with Crippen LogP contribution in [0.15, 0.2) is 48.5 Å². The Morgan fingerprint density at radius 2 is 1.52 bits per heavy atom. The third kappa shape index (κ3) is 3.71. The third-order valence-corrected chi connectivity index (χ3v) is 4.86. The summed E-state index contributed by atoms with van der Waals surface area (Å²) in [5.74, 6) is -0.211. The van der Waals surface area contributed by atoms with E-state index in [2.05, 4.69) is 0 Å². The van der Waals surface area contributed by atoms with Gasteiger partial charge in [-0.15, -0.1) is 0 Å². The van der Waals surface area contributed by atoms with Crippen molar-refractivity contribution in [3.05, 3.63) is 69.7 Å². The van der Waals surface area contributed by atoms with Crippen LogP contribution in [0.3, 0.4) is 0 Å². The van der Waals surface area contributed by atoms with Gasteiger partial charge in [0.25, 0.3) is 5.91 Å². The van der Waals surface area contributed by atoms with E-state index in [0.29, 0.717) is 16.3 Å². The zero-order valence-electron chi connectivity index (χ0n) is 13.6. The van der Waals surface area contributed by atoms with Crippen LogP contribution in [0.2, 0.25) is 10.0 Å². The molecule has 4 nitrogen and oxygen atoms in total. The Balaban J connectivity index is 2.03. The Morgan fingerprint density at radius 1 is 1.00 bits per heavy atom. The molecule has 0 N–H and O–H groups in total. The van der Waals surface area contributed by atoms with Crippen molar-refractivity contribution in [1.82, 2.24) is 4.90 Å². The van der Waals surface area contributed by atoms with E-state index in [-0.39, 0.29) is 18.4 Å². The summed E-state index contributed by atoms with van der Waals surface area (Å²) >= 11 is 12.0. The first-order chi connectivity index (χ1) is 12.0. The van der Waals surface area contributed by atoms with Crippen molar-refractivity contribution in [2.24, 2.45) is 0 Å². The highest BCUT2D eigenvalue weighted by atomic mass is 35.5. The average Bonchev–Trinajstić information content (AvgIpc) is 2.61. The van der Waals surface area contributed by atoms with E-state index < -0.39 is 12.2 Å². The molecule has 0 bridgehead atoms. The molecule has 1 saturated heterocycles. The first-order valence-corrected chi connectivity index (χ1v) is 8.63. The lowest BCUT2D eigenvalue weighted by molar-refractivity contribution is -0.172. The van der Waals surface area contributed by atoms with Crippen molar-refractivity contribution in [2.75, 3.05) is 7.05 Å². The maximum absolute atomic E-state index is 12.6. The molecule has 1 unspecified atom stereocenters. The van der Waals surface area contributed by atoms with E-state index in [9.17, 15) is 9.59 Å². The van der Waals surface area contributed by atoms with E-state index in [0.717, 1.165) is 11.1 Å². The van der Waals surface area contributed by atoms with Gasteiger partial charge >= 0.3 is 0 Å². The Labute approximate surface area is 156 Å². The number of carbonyl (C=O) groups excluding carboxylic acids is 2. The number of benzene rings is 2. The van der Waals surface area contributed by atoms with Crippen LogP contribution < -0.4 is 0 Å². The summed E-state index contributed by atoms with van der Waals surface area (Å²) in [6.45, 7) is 0. The molecule has 0 aromatic heterocycles. The summed E-state index contributed by atoms with van der Waals surface area (Å²) in [6, 6.07) is 14.3. The van der Waals surface area contributed by atoms with Gasteiger partial charge in [0, 0.05) is 23.5 Å². The maximum Gasteiger partial charge on any atom is 0.252 e. The van der Waals surface area contributed by atoms with Gasteiger partial charge in [0.2, 0.25) is 0 Å². The number of aldehydes is 1. The molecule has 2 aromatic rings. The minimum Gasteiger partial charge on any atom is -0.357 e. The largest absolute Gasteiger partial charge is 0.357 e. The van der Waals surface area contributed by atoms with Gasteiger partial charge in [0.1, 0.15) is 18.5 Å². The minimum atomic E-state index is -0.785. The van der Waals surface area contributed by atoms with Crippen molar-refractivity contribution in [1.29, 1.82) is 0 Å². The van der Waals surface area contributed by atoms with E-state index in [4.69, 9.17) is 27.9 Å². The first kappa shape index (κ1) is 17.9. The van der Waals surface area contributed by atoms with Gasteiger partial charge in [-0.1, -0.05) is 47.5 Å². The molecule has 130 valence electrons. The quantitative estimate of drug-likeness (QED) is 0.749. The van der Waals surface area contributed by atoms with Crippen LogP contribution in [-0.2, 0) is 14.3 Å². The average molecular weight is 378 g/mol. The Morgan fingerprint density at radius 3 is 2.04 bits per heavy atom. The van der Waals surface area contributed by atoms with Crippen molar-refractivity contribution >= 4 is 35.4 Å². The maximum atomic E-state index is 12.6. The van der Waals surface area contributed by atoms with Crippen molar-refractivity contribution in [3.63, 3.8) is 0 Å². The van der Waals surface area contributed by atoms with Gasteiger partial charge in [0.05, 0.1) is 6.04 Å². The fraction of sp³-hybridized carbons (Fsp3) is 0.263. The number of morpholine rings is 1. The predicted molar refractivity (Wildman–Crippen MR) is 96.7 cm³/mol. The van der Waals surface area contributed by atoms with Crippen molar-refractivity contribution < 1.29 is 14.3 Å². The lowest BCUT2D eigenvalue weighted by atomic mass is 9.92. The highest BCUT2D eigenvalue weighted by Gasteiger charge is 2.42. The van der Waals surface area contributed by atoms with Crippen LogP contribution >= 0.6 is 23.2 Å². The topological polar surface area (TPSA) is 46.6 Å². The molecule has 0 radical (unpaired) electrons. The summed E-state index contributed by atoms with van der Waals surface area (Å²) in [5.41, 5.74) is 1.80. The number of likely N-dealkylation sites (N-methyl/N-ethyl adjacent to an activating group) is 1. The Bertz CT molecular complexity index is 761. The standard InChI is InChI=1S/C19H17Cl2NO3/c1-22-17(12-2-6-14(20)7-3-12)18(13-4-8-15(21)9-5-13)25-16(10-11-23)19(22)24/h2-9,11,16-18H,10H2,1H3/t16?,17-,18+/m0/s1. The van der Waals surface area contributed by atoms with Gasteiger partial charge in [-0.05, 0) is 35.4 Å². The number of nitrogens with zero attached hydrogens (tertiary/aromatic N) is 1. The molecule has 0 aliphatic carbocycles. The number of amides is 1. The number of hydrogen-bond acceptors (Lipinski definition) is 3. The van der Waals surface area contributed by atoms with Gasteiger partial charge in [-0.25, -0.2) is 0 Å². The van der Waals surface area contributed by atoms with Crippen LogP contribution in [0.25, 0.3) is 0 Å². The molecule has 3 atom stereocenters. The second-order valence-electron chi connectivity index (χ2n) is 5.94. The Hall–Kier alpha value is -1.88. The molecular weight excluding hydrogens is 361 g/mol. The fourth-order valence-corrected chi connectivity index (χ4v) is 3.34. The monoisotopic (exact) mass is 377 g/mol. The van der Waals surface area contributed by atoms with Gasteiger partial charge in [-0.3, -0.25) is 4.79 Å². The molecule has 1 amide bonds. The molecule has 1 aliphatic heterocycles. The SMILES string of the molecule is CN1C(=O)C(CC=O)O[C@H](c2ccc(Cl)cc2)[C@@H]1c1ccc(Cl)cc1. The van der Waals surface area contributed by atoms with Crippen molar-refractivity contribution in [3.8, 4) is 0 Å². The van der Waals surface area contributed by atoms with Crippen LogP contribution in [0.4, 0.5) is 0 Å². The second-order valence-corrected chi connectivity index (χ2v) is 6.82. The second kappa shape index (κ2) is 7.56. The van der Waals surface area contributed by atoms with E-state index >= 15 is 0 Å². The highest BCUT2D eigenvalue weighted by molar-refractivity contribution is 6.30. The van der Waals surface area contributed by atoms with Crippen molar-refractivity contribution in [2.45, 2.75) is 24.7 Å². The molecular formula is C19H17Cl2NO3. The molecule has 1 aliphatic rings. The molecule has 6 heteroatoms. The third-order valence-electron chi connectivity index (χ3n) is 4.36. The van der Waals surface area contributed by atoms with Crippen LogP contribution in [0.1, 0.15) is 29.7 Å². The number of hydrogen-bond donors (Lipinski definition) is 0. The number of ether oxygens (including phenoxy) is 1. The molecule has 25 heavy (non-hydrogen) atoms. The van der Waals surface area contributed by atoms with Gasteiger partial charge < -0.3 is 14.4 Å². The minimum absolute atomic E-state index is 0.0284.